The third-order valence-electron chi connectivity index (χ3n) is 2.30. The van der Waals surface area contributed by atoms with Gasteiger partial charge in [0.2, 0.25) is 5.91 Å². The number of nitrogens with zero attached hydrogens (tertiary/aromatic N) is 1. The van der Waals surface area contributed by atoms with Gasteiger partial charge in [0, 0.05) is 23.6 Å². The van der Waals surface area contributed by atoms with E-state index in [0.29, 0.717) is 13.0 Å². The molecule has 1 rings (SSSR count). The van der Waals surface area contributed by atoms with Gasteiger partial charge < -0.3 is 10.4 Å². The number of carbonyl (C=O) groups is 1. The Bertz CT molecular complexity index is 434. The van der Waals surface area contributed by atoms with Crippen LogP contribution in [-0.4, -0.2) is 34.3 Å². The van der Waals surface area contributed by atoms with Gasteiger partial charge in [-0.3, -0.25) is 14.9 Å². The smallest absolute Gasteiger partial charge is 0.269 e. The number of nitrogens with one attached hydrogen (secondary N) is 1. The second-order valence-electron chi connectivity index (χ2n) is 4.03. The zero-order valence-corrected chi connectivity index (χ0v) is 11.4. The van der Waals surface area contributed by atoms with Crippen molar-refractivity contribution in [2.45, 2.75) is 24.3 Å². The number of nitro benzene ring substituents is 1. The second kappa shape index (κ2) is 7.75. The molecule has 2 N–H and O–H groups in total. The van der Waals surface area contributed by atoms with E-state index < -0.39 is 11.0 Å². The van der Waals surface area contributed by atoms with Crippen molar-refractivity contribution in [1.29, 1.82) is 0 Å². The maximum absolute atomic E-state index is 11.5. The predicted molar refractivity (Wildman–Crippen MR) is 73.1 cm³/mol. The van der Waals surface area contributed by atoms with Gasteiger partial charge >= 0.3 is 0 Å². The molecule has 104 valence electrons. The lowest BCUT2D eigenvalue weighted by molar-refractivity contribution is -0.384. The van der Waals surface area contributed by atoms with Crippen molar-refractivity contribution >= 4 is 23.4 Å². The van der Waals surface area contributed by atoms with E-state index in [4.69, 9.17) is 5.11 Å². The van der Waals surface area contributed by atoms with Gasteiger partial charge in [0.25, 0.3) is 5.69 Å². The average Bonchev–Trinajstić information content (AvgIpc) is 2.36. The lowest BCUT2D eigenvalue weighted by Crippen LogP contribution is -2.27. The van der Waals surface area contributed by atoms with Crippen molar-refractivity contribution in [2.75, 3.05) is 12.3 Å². The molecule has 1 atom stereocenters. The van der Waals surface area contributed by atoms with Crippen LogP contribution < -0.4 is 5.32 Å². The van der Waals surface area contributed by atoms with Crippen LogP contribution in [0.5, 0.6) is 0 Å². The number of nitro groups is 1. The van der Waals surface area contributed by atoms with Gasteiger partial charge in [-0.15, -0.1) is 11.8 Å². The molecule has 1 aromatic carbocycles. The number of amides is 1. The van der Waals surface area contributed by atoms with Gasteiger partial charge in [-0.1, -0.05) is 0 Å². The molecule has 0 heterocycles. The first-order valence-corrected chi connectivity index (χ1v) is 6.79. The van der Waals surface area contributed by atoms with E-state index >= 15 is 0 Å². The van der Waals surface area contributed by atoms with Crippen LogP contribution in [0.15, 0.2) is 29.2 Å². The number of benzene rings is 1. The normalized spacial score (nSPS) is 11.9. The molecule has 19 heavy (non-hydrogen) atoms. The van der Waals surface area contributed by atoms with Crippen LogP contribution in [0.25, 0.3) is 0 Å². The minimum absolute atomic E-state index is 0.0331. The van der Waals surface area contributed by atoms with Crippen LogP contribution >= 0.6 is 11.8 Å². The molecule has 0 aliphatic carbocycles. The summed E-state index contributed by atoms with van der Waals surface area (Å²) in [5, 5.41) is 22.2. The maximum atomic E-state index is 11.5. The van der Waals surface area contributed by atoms with E-state index in [1.165, 1.54) is 23.9 Å². The van der Waals surface area contributed by atoms with Crippen LogP contribution in [-0.2, 0) is 4.79 Å². The van der Waals surface area contributed by atoms with Gasteiger partial charge in [0.15, 0.2) is 0 Å². The fourth-order valence-electron chi connectivity index (χ4n) is 1.28. The molecule has 7 heteroatoms. The fraction of sp³-hybridized carbons (Fsp3) is 0.417. The molecule has 0 aromatic heterocycles. The van der Waals surface area contributed by atoms with Gasteiger partial charge in [0.05, 0.1) is 16.8 Å². The number of non-ortho nitro benzene ring substituents is 1. The molecule has 0 aliphatic rings. The summed E-state index contributed by atoms with van der Waals surface area (Å²) in [6, 6.07) is 6.05. The van der Waals surface area contributed by atoms with Crippen LogP contribution in [0.3, 0.4) is 0 Å². The quantitative estimate of drug-likeness (QED) is 0.450. The molecule has 0 saturated heterocycles. The fourth-order valence-corrected chi connectivity index (χ4v) is 2.01. The van der Waals surface area contributed by atoms with Crippen molar-refractivity contribution in [3.05, 3.63) is 34.4 Å². The van der Waals surface area contributed by atoms with Crippen molar-refractivity contribution < 1.29 is 14.8 Å². The molecule has 0 saturated carbocycles. The van der Waals surface area contributed by atoms with Crippen molar-refractivity contribution in [3.63, 3.8) is 0 Å². The van der Waals surface area contributed by atoms with E-state index in [2.05, 4.69) is 5.32 Å². The van der Waals surface area contributed by atoms with Crippen molar-refractivity contribution in [2.24, 2.45) is 0 Å². The van der Waals surface area contributed by atoms with Crippen LogP contribution in [0.4, 0.5) is 5.69 Å². The molecular weight excluding hydrogens is 268 g/mol. The van der Waals surface area contributed by atoms with Crippen molar-refractivity contribution in [3.8, 4) is 0 Å². The highest BCUT2D eigenvalue weighted by molar-refractivity contribution is 8.00. The predicted octanol–water partition coefficient (Wildman–Crippen LogP) is 1.57. The Balaban J connectivity index is 2.32. The molecule has 1 aromatic rings. The third kappa shape index (κ3) is 6.21. The Hall–Kier alpha value is -1.60. The number of rotatable bonds is 7. The summed E-state index contributed by atoms with van der Waals surface area (Å²) in [7, 11) is 0. The van der Waals surface area contributed by atoms with E-state index in [9.17, 15) is 14.9 Å². The molecule has 1 unspecified atom stereocenters. The minimum atomic E-state index is -0.461. The molecule has 0 bridgehead atoms. The average molecular weight is 284 g/mol. The first kappa shape index (κ1) is 15.5. The highest BCUT2D eigenvalue weighted by Gasteiger charge is 2.06. The molecular formula is C12H16N2O4S. The number of aliphatic hydroxyl groups is 1. The topological polar surface area (TPSA) is 92.5 Å². The monoisotopic (exact) mass is 284 g/mol. The number of aliphatic hydroxyl groups excluding tert-OH is 1. The summed E-state index contributed by atoms with van der Waals surface area (Å²) in [5.74, 6) is 0.126. The van der Waals surface area contributed by atoms with Crippen LogP contribution in [0, 0.1) is 10.1 Å². The minimum Gasteiger partial charge on any atom is -0.393 e. The molecule has 6 nitrogen and oxygen atoms in total. The summed E-state index contributed by atoms with van der Waals surface area (Å²) >= 11 is 1.31. The molecule has 1 amide bonds. The highest BCUT2D eigenvalue weighted by Crippen LogP contribution is 2.20. The lowest BCUT2D eigenvalue weighted by atomic mass is 10.3. The van der Waals surface area contributed by atoms with Crippen LogP contribution in [0.1, 0.15) is 13.3 Å². The summed E-state index contributed by atoms with van der Waals surface area (Å²) in [6.45, 7) is 2.11. The first-order valence-electron chi connectivity index (χ1n) is 5.81. The Morgan fingerprint density at radius 2 is 2.11 bits per heavy atom. The van der Waals surface area contributed by atoms with E-state index in [1.54, 1.807) is 19.1 Å². The highest BCUT2D eigenvalue weighted by atomic mass is 32.2. The number of hydrogen-bond donors (Lipinski definition) is 2. The summed E-state index contributed by atoms with van der Waals surface area (Å²) in [5.41, 5.74) is 0.0331. The third-order valence-corrected chi connectivity index (χ3v) is 3.31. The number of thioether (sulfide) groups is 1. The van der Waals surface area contributed by atoms with Crippen LogP contribution in [0.2, 0.25) is 0 Å². The largest absolute Gasteiger partial charge is 0.393 e. The standard InChI is InChI=1S/C12H16N2O4S/c1-9(15)6-7-13-12(16)8-19-11-4-2-10(3-5-11)14(17)18/h2-5,9,15H,6-8H2,1H3,(H,13,16). The van der Waals surface area contributed by atoms with Gasteiger partial charge in [-0.2, -0.15) is 0 Å². The summed E-state index contributed by atoms with van der Waals surface area (Å²) < 4.78 is 0. The van der Waals surface area contributed by atoms with Crippen molar-refractivity contribution in [1.82, 2.24) is 5.32 Å². The molecule has 0 fully saturated rings. The van der Waals surface area contributed by atoms with E-state index in [1.807, 2.05) is 0 Å². The number of hydrogen-bond acceptors (Lipinski definition) is 5. The first-order chi connectivity index (χ1) is 8.99. The molecule has 0 radical (unpaired) electrons. The van der Waals surface area contributed by atoms with Gasteiger partial charge in [0.1, 0.15) is 0 Å². The molecule has 0 spiro atoms. The number of carbonyl (C=O) groups excluding carboxylic acids is 1. The van der Waals surface area contributed by atoms with Gasteiger partial charge in [-0.25, -0.2) is 0 Å². The Morgan fingerprint density at radius 1 is 1.47 bits per heavy atom. The maximum Gasteiger partial charge on any atom is 0.269 e. The van der Waals surface area contributed by atoms with E-state index in [-0.39, 0.29) is 17.3 Å². The molecule has 0 aliphatic heterocycles. The zero-order valence-electron chi connectivity index (χ0n) is 10.5. The second-order valence-corrected chi connectivity index (χ2v) is 5.08. The Labute approximate surface area is 115 Å². The van der Waals surface area contributed by atoms with E-state index in [0.717, 1.165) is 4.90 Å². The Morgan fingerprint density at radius 3 is 2.63 bits per heavy atom. The van der Waals surface area contributed by atoms with Gasteiger partial charge in [-0.05, 0) is 25.5 Å². The summed E-state index contributed by atoms with van der Waals surface area (Å²) in [6.07, 6.45) is 0.0936. The Kier molecular flexibility index (Phi) is 6.31. The summed E-state index contributed by atoms with van der Waals surface area (Å²) in [4.78, 5) is 22.3. The zero-order chi connectivity index (χ0) is 14.3. The lowest BCUT2D eigenvalue weighted by Gasteiger charge is -2.06. The SMILES string of the molecule is CC(O)CCNC(=O)CSc1ccc([N+](=O)[O-])cc1.